The lowest BCUT2D eigenvalue weighted by atomic mass is 9.71. The van der Waals surface area contributed by atoms with Crippen molar-refractivity contribution < 1.29 is 0 Å². The molecule has 0 heterocycles. The minimum atomic E-state index is 0.104. The van der Waals surface area contributed by atoms with Gasteiger partial charge in [-0.2, -0.15) is 0 Å². The smallest absolute Gasteiger partial charge is 0.0465 e. The molecular weight excluding hydrogens is 410 g/mol. The number of unbranched alkanes of at least 4 members (excludes halogenated alkanes) is 2. The predicted molar refractivity (Wildman–Crippen MR) is 146 cm³/mol. The zero-order chi connectivity index (χ0) is 23.4. The van der Waals surface area contributed by atoms with Crippen LogP contribution in [-0.2, 0) is 5.41 Å². The van der Waals surface area contributed by atoms with Crippen LogP contribution in [0.25, 0.3) is 11.1 Å². The third-order valence-electron chi connectivity index (χ3n) is 7.45. The first-order valence-electron chi connectivity index (χ1n) is 12.9. The summed E-state index contributed by atoms with van der Waals surface area (Å²) >= 11 is 0. The molecule has 4 aromatic rings. The minimum absolute atomic E-state index is 0.104. The fourth-order valence-electron chi connectivity index (χ4n) is 5.80. The topological polar surface area (TPSA) is 3.24 Å². The van der Waals surface area contributed by atoms with Gasteiger partial charge in [-0.15, -0.1) is 0 Å². The van der Waals surface area contributed by atoms with E-state index < -0.39 is 0 Å². The monoisotopic (exact) mass is 445 g/mol. The third kappa shape index (κ3) is 3.94. The van der Waals surface area contributed by atoms with E-state index in [2.05, 4.69) is 122 Å². The first-order chi connectivity index (χ1) is 16.8. The Morgan fingerprint density at radius 3 is 1.65 bits per heavy atom. The number of para-hydroxylation sites is 2. The van der Waals surface area contributed by atoms with E-state index in [0.717, 1.165) is 0 Å². The summed E-state index contributed by atoms with van der Waals surface area (Å²) in [6.45, 7) is 4.64. The van der Waals surface area contributed by atoms with Crippen LogP contribution in [-0.4, -0.2) is 0 Å². The van der Waals surface area contributed by atoms with Crippen molar-refractivity contribution in [1.82, 2.24) is 0 Å². The second-order valence-electron chi connectivity index (χ2n) is 9.57. The Hall–Kier alpha value is -3.32. The van der Waals surface area contributed by atoms with Crippen LogP contribution in [0.2, 0.25) is 0 Å². The molecule has 172 valence electrons. The Morgan fingerprint density at radius 1 is 0.529 bits per heavy atom. The first kappa shape index (κ1) is 22.5. The maximum Gasteiger partial charge on any atom is 0.0465 e. The molecule has 0 saturated carbocycles. The van der Waals surface area contributed by atoms with Gasteiger partial charge in [-0.05, 0) is 71.5 Å². The summed E-state index contributed by atoms with van der Waals surface area (Å²) in [7, 11) is 0. The van der Waals surface area contributed by atoms with Gasteiger partial charge in [0.1, 0.15) is 0 Å². The van der Waals surface area contributed by atoms with Gasteiger partial charge in [0.15, 0.2) is 0 Å². The van der Waals surface area contributed by atoms with Crippen molar-refractivity contribution in [3.8, 4) is 11.1 Å². The largest absolute Gasteiger partial charge is 0.310 e. The van der Waals surface area contributed by atoms with E-state index >= 15 is 0 Å². The van der Waals surface area contributed by atoms with Gasteiger partial charge in [0.25, 0.3) is 0 Å². The van der Waals surface area contributed by atoms with E-state index in [9.17, 15) is 0 Å². The van der Waals surface area contributed by atoms with Gasteiger partial charge in [-0.25, -0.2) is 0 Å². The highest BCUT2D eigenvalue weighted by molar-refractivity contribution is 5.85. The van der Waals surface area contributed by atoms with E-state index in [1.807, 2.05) is 0 Å². The highest BCUT2D eigenvalue weighted by Crippen LogP contribution is 2.55. The molecular formula is C33H35N. The van der Waals surface area contributed by atoms with Gasteiger partial charge in [0.05, 0.1) is 0 Å². The van der Waals surface area contributed by atoms with Crippen molar-refractivity contribution in [2.75, 3.05) is 4.90 Å². The van der Waals surface area contributed by atoms with Crippen LogP contribution in [0.1, 0.15) is 63.5 Å². The summed E-state index contributed by atoms with van der Waals surface area (Å²) in [5, 5.41) is 0. The minimum Gasteiger partial charge on any atom is -0.310 e. The summed E-state index contributed by atoms with van der Waals surface area (Å²) in [5.41, 5.74) is 9.64. The molecule has 1 heteroatoms. The Balaban J connectivity index is 1.70. The summed E-state index contributed by atoms with van der Waals surface area (Å²) in [6, 6.07) is 37.9. The Morgan fingerprint density at radius 2 is 1.06 bits per heavy atom. The summed E-state index contributed by atoms with van der Waals surface area (Å²) < 4.78 is 0. The molecule has 4 aromatic carbocycles. The Bertz CT molecular complexity index is 1180. The molecule has 0 saturated heterocycles. The molecule has 0 amide bonds. The summed E-state index contributed by atoms with van der Waals surface area (Å²) in [5.74, 6) is 0. The maximum absolute atomic E-state index is 2.50. The number of nitrogens with zero attached hydrogens (tertiary/aromatic N) is 1. The molecule has 34 heavy (non-hydrogen) atoms. The van der Waals surface area contributed by atoms with Gasteiger partial charge < -0.3 is 4.90 Å². The molecule has 1 aliphatic carbocycles. The van der Waals surface area contributed by atoms with Crippen LogP contribution in [0.15, 0.2) is 103 Å². The van der Waals surface area contributed by atoms with Gasteiger partial charge in [0, 0.05) is 22.5 Å². The van der Waals surface area contributed by atoms with Gasteiger partial charge in [-0.3, -0.25) is 0 Å². The van der Waals surface area contributed by atoms with Gasteiger partial charge in [-0.1, -0.05) is 106 Å². The van der Waals surface area contributed by atoms with Crippen LogP contribution >= 0.6 is 0 Å². The second kappa shape index (κ2) is 9.89. The van der Waals surface area contributed by atoms with E-state index in [1.54, 1.807) is 0 Å². The maximum atomic E-state index is 2.50. The van der Waals surface area contributed by atoms with Crippen molar-refractivity contribution >= 4 is 17.1 Å². The molecule has 0 N–H and O–H groups in total. The molecule has 0 atom stereocenters. The lowest BCUT2D eigenvalue weighted by Crippen LogP contribution is -2.25. The van der Waals surface area contributed by atoms with Crippen LogP contribution in [0.3, 0.4) is 0 Å². The van der Waals surface area contributed by atoms with Crippen molar-refractivity contribution in [2.24, 2.45) is 0 Å². The standard InChI is InChI=1S/C33H35N/c1-3-5-23-33(24-6-4-2)31-20-14-13-19-29(31)30-22-21-28(25-32(30)33)34(26-15-9-7-10-16-26)27-17-11-8-12-18-27/h7-22,25H,3-6,23-24H2,1-2H3. The number of hydrogen-bond donors (Lipinski definition) is 0. The van der Waals surface area contributed by atoms with Crippen molar-refractivity contribution in [3.05, 3.63) is 114 Å². The van der Waals surface area contributed by atoms with E-state index in [4.69, 9.17) is 0 Å². The molecule has 1 aliphatic rings. The molecule has 0 aromatic heterocycles. The number of fused-ring (bicyclic) bond motifs is 3. The molecule has 0 spiro atoms. The summed E-state index contributed by atoms with van der Waals surface area (Å²) in [6.07, 6.45) is 7.39. The SMILES string of the molecule is CCCCC1(CCCC)c2ccccc2-c2ccc(N(c3ccccc3)c3ccccc3)cc21. The van der Waals surface area contributed by atoms with Gasteiger partial charge in [0.2, 0.25) is 0 Å². The fourth-order valence-corrected chi connectivity index (χ4v) is 5.80. The highest BCUT2D eigenvalue weighted by Gasteiger charge is 2.42. The molecule has 0 radical (unpaired) electrons. The van der Waals surface area contributed by atoms with Crippen molar-refractivity contribution in [2.45, 2.75) is 57.8 Å². The van der Waals surface area contributed by atoms with Crippen LogP contribution in [0.4, 0.5) is 17.1 Å². The normalized spacial score (nSPS) is 13.4. The number of rotatable bonds is 9. The number of anilines is 3. The zero-order valence-corrected chi connectivity index (χ0v) is 20.5. The van der Waals surface area contributed by atoms with Gasteiger partial charge >= 0.3 is 0 Å². The lowest BCUT2D eigenvalue weighted by Gasteiger charge is -2.34. The van der Waals surface area contributed by atoms with E-state index in [0.29, 0.717) is 0 Å². The average Bonchev–Trinajstić information content (AvgIpc) is 3.17. The fraction of sp³-hybridized carbons (Fsp3) is 0.273. The predicted octanol–water partition coefficient (Wildman–Crippen LogP) is 9.80. The Labute approximate surface area is 205 Å². The zero-order valence-electron chi connectivity index (χ0n) is 20.5. The molecule has 1 nitrogen and oxygen atoms in total. The average molecular weight is 446 g/mol. The summed E-state index contributed by atoms with van der Waals surface area (Å²) in [4.78, 5) is 2.40. The van der Waals surface area contributed by atoms with Crippen LogP contribution in [0.5, 0.6) is 0 Å². The Kier molecular flexibility index (Phi) is 6.54. The quantitative estimate of drug-likeness (QED) is 0.248. The van der Waals surface area contributed by atoms with Crippen LogP contribution < -0.4 is 4.90 Å². The highest BCUT2D eigenvalue weighted by atomic mass is 15.1. The van der Waals surface area contributed by atoms with E-state index in [-0.39, 0.29) is 5.41 Å². The van der Waals surface area contributed by atoms with Crippen LogP contribution in [0, 0.1) is 0 Å². The molecule has 0 fully saturated rings. The molecule has 0 unspecified atom stereocenters. The second-order valence-corrected chi connectivity index (χ2v) is 9.57. The molecule has 5 rings (SSSR count). The third-order valence-corrected chi connectivity index (χ3v) is 7.45. The lowest BCUT2D eigenvalue weighted by molar-refractivity contribution is 0.414. The van der Waals surface area contributed by atoms with Crippen molar-refractivity contribution in [1.29, 1.82) is 0 Å². The first-order valence-corrected chi connectivity index (χ1v) is 12.9. The molecule has 0 aliphatic heterocycles. The number of benzene rings is 4. The number of hydrogen-bond acceptors (Lipinski definition) is 1. The molecule has 0 bridgehead atoms. The van der Waals surface area contributed by atoms with Crippen molar-refractivity contribution in [3.63, 3.8) is 0 Å². The van der Waals surface area contributed by atoms with E-state index in [1.165, 1.54) is 77.8 Å².